The second-order valence-electron chi connectivity index (χ2n) is 9.34. The Morgan fingerprint density at radius 3 is 2.08 bits per heavy atom. The monoisotopic (exact) mass is 498 g/mol. The summed E-state index contributed by atoms with van der Waals surface area (Å²) in [5.74, 6) is -0.243. The van der Waals surface area contributed by atoms with Crippen LogP contribution in [0, 0.1) is 0 Å². The van der Waals surface area contributed by atoms with Crippen molar-refractivity contribution < 1.29 is 19.1 Å². The molecule has 0 bridgehead atoms. The quantitative estimate of drug-likeness (QED) is 0.231. The number of nitrogens with zero attached hydrogens (tertiary/aromatic N) is 1. The number of hydrogen-bond acceptors (Lipinski definition) is 4. The van der Waals surface area contributed by atoms with Crippen LogP contribution in [0.1, 0.15) is 77.0 Å². The van der Waals surface area contributed by atoms with Gasteiger partial charge in [-0.1, -0.05) is 93.3 Å². The molecule has 37 heavy (non-hydrogen) atoms. The number of carbonyl (C=O) groups is 3. The Labute approximate surface area is 218 Å². The molecule has 0 spiro atoms. The van der Waals surface area contributed by atoms with E-state index in [0.29, 0.717) is 30.8 Å². The predicted octanol–water partition coefficient (Wildman–Crippen LogP) is 6.41. The highest BCUT2D eigenvalue weighted by atomic mass is 16.6. The Morgan fingerprint density at radius 2 is 1.46 bits per heavy atom. The lowest BCUT2D eigenvalue weighted by molar-refractivity contribution is 0.0768. The van der Waals surface area contributed by atoms with Crippen LogP contribution in [0.4, 0.5) is 4.79 Å². The van der Waals surface area contributed by atoms with Crippen molar-refractivity contribution in [2.45, 2.75) is 45.1 Å². The minimum absolute atomic E-state index is 0.243. The fourth-order valence-corrected chi connectivity index (χ4v) is 4.73. The number of nitrogens with one attached hydrogen (secondary N) is 1. The fourth-order valence-electron chi connectivity index (χ4n) is 4.73. The molecule has 0 radical (unpaired) electrons. The van der Waals surface area contributed by atoms with Crippen LogP contribution in [-0.4, -0.2) is 42.8 Å². The van der Waals surface area contributed by atoms with Gasteiger partial charge < -0.3 is 15.0 Å². The molecule has 3 aromatic carbocycles. The van der Waals surface area contributed by atoms with E-state index in [1.165, 1.54) is 6.42 Å². The molecule has 4 rings (SSSR count). The van der Waals surface area contributed by atoms with E-state index in [0.717, 1.165) is 54.2 Å². The third kappa shape index (κ3) is 6.45. The zero-order chi connectivity index (χ0) is 26.0. The first kappa shape index (κ1) is 26.1. The van der Waals surface area contributed by atoms with E-state index < -0.39 is 6.10 Å². The number of amides is 2. The summed E-state index contributed by atoms with van der Waals surface area (Å²) < 4.78 is 6.11. The molecule has 0 heterocycles. The van der Waals surface area contributed by atoms with E-state index in [2.05, 4.69) is 24.4 Å². The van der Waals surface area contributed by atoms with Gasteiger partial charge in [-0.15, -0.1) is 0 Å². The van der Waals surface area contributed by atoms with Gasteiger partial charge >= 0.3 is 6.09 Å². The Hall–Kier alpha value is -3.93. The van der Waals surface area contributed by atoms with Crippen LogP contribution in [0.5, 0.6) is 0 Å². The summed E-state index contributed by atoms with van der Waals surface area (Å²) in [6.07, 6.45) is 5.31. The van der Waals surface area contributed by atoms with E-state index in [4.69, 9.17) is 4.74 Å². The normalized spacial score (nSPS) is 11.9. The molecule has 2 amide bonds. The highest BCUT2D eigenvalue weighted by molar-refractivity contribution is 5.94. The molecule has 3 aromatic rings. The maximum absolute atomic E-state index is 13.4. The van der Waals surface area contributed by atoms with Gasteiger partial charge in [-0.25, -0.2) is 4.79 Å². The molecule has 0 atom stereocenters. The van der Waals surface area contributed by atoms with Gasteiger partial charge in [0.2, 0.25) is 0 Å². The van der Waals surface area contributed by atoms with Crippen LogP contribution in [0.3, 0.4) is 0 Å². The van der Waals surface area contributed by atoms with Gasteiger partial charge in [0.25, 0.3) is 5.91 Å². The number of hydrogen-bond donors (Lipinski definition) is 1. The number of rotatable bonds is 12. The molecular weight excluding hydrogens is 464 g/mol. The van der Waals surface area contributed by atoms with Gasteiger partial charge in [0.1, 0.15) is 6.29 Å². The molecular formula is C31H34N2O4. The van der Waals surface area contributed by atoms with Crippen molar-refractivity contribution in [1.82, 2.24) is 10.2 Å². The van der Waals surface area contributed by atoms with Gasteiger partial charge in [0.05, 0.1) is 0 Å². The van der Waals surface area contributed by atoms with Gasteiger partial charge in [0, 0.05) is 41.9 Å². The van der Waals surface area contributed by atoms with Crippen LogP contribution >= 0.6 is 0 Å². The lowest BCUT2D eigenvalue weighted by Crippen LogP contribution is -2.40. The second-order valence-corrected chi connectivity index (χ2v) is 9.34. The first-order valence-corrected chi connectivity index (χ1v) is 13.1. The first-order valence-electron chi connectivity index (χ1n) is 13.1. The van der Waals surface area contributed by atoms with E-state index >= 15 is 0 Å². The van der Waals surface area contributed by atoms with Crippen molar-refractivity contribution in [2.75, 3.05) is 19.6 Å². The predicted molar refractivity (Wildman–Crippen MR) is 145 cm³/mol. The highest BCUT2D eigenvalue weighted by Crippen LogP contribution is 2.45. The van der Waals surface area contributed by atoms with Crippen molar-refractivity contribution in [3.8, 4) is 11.1 Å². The summed E-state index contributed by atoms with van der Waals surface area (Å²) >= 11 is 0. The molecule has 0 aliphatic heterocycles. The highest BCUT2D eigenvalue weighted by Gasteiger charge is 2.32. The number of aldehydes is 1. The average molecular weight is 499 g/mol. The van der Waals surface area contributed by atoms with Gasteiger partial charge in [0.15, 0.2) is 6.10 Å². The average Bonchev–Trinajstić information content (AvgIpc) is 3.25. The molecule has 0 fully saturated rings. The Balaban J connectivity index is 1.41. The van der Waals surface area contributed by atoms with E-state index in [1.54, 1.807) is 29.2 Å². The summed E-state index contributed by atoms with van der Waals surface area (Å²) in [6, 6.07) is 22.5. The van der Waals surface area contributed by atoms with E-state index in [1.807, 2.05) is 36.4 Å². The molecule has 0 unspecified atom stereocenters. The lowest BCUT2D eigenvalue weighted by atomic mass is 10.1. The molecule has 6 heteroatoms. The topological polar surface area (TPSA) is 75.7 Å². The molecule has 1 N–H and O–H groups in total. The first-order chi connectivity index (χ1) is 18.1. The third-order valence-corrected chi connectivity index (χ3v) is 6.76. The van der Waals surface area contributed by atoms with Crippen molar-refractivity contribution in [3.63, 3.8) is 0 Å². The number of unbranched alkanes of at least 4 members (excludes halogenated alkanes) is 4. The second kappa shape index (κ2) is 12.9. The van der Waals surface area contributed by atoms with Crippen molar-refractivity contribution in [1.29, 1.82) is 0 Å². The smallest absolute Gasteiger partial charge is 0.410 e. The van der Waals surface area contributed by atoms with Crippen molar-refractivity contribution >= 4 is 18.3 Å². The Kier molecular flexibility index (Phi) is 9.08. The van der Waals surface area contributed by atoms with Crippen LogP contribution in [0.25, 0.3) is 11.1 Å². The Morgan fingerprint density at radius 1 is 0.838 bits per heavy atom. The standard InChI is InChI=1S/C31H34N2O4/c1-2-3-4-5-10-20-33(21-19-32-30(35)24-17-15-23(22-34)16-18-24)31(36)37-29-27-13-8-6-11-25(27)26-12-7-9-14-28(26)29/h6-9,11-18,22,29H,2-5,10,19-21H2,1H3,(H,32,35). The zero-order valence-electron chi connectivity index (χ0n) is 21.3. The van der Waals surface area contributed by atoms with E-state index in [-0.39, 0.29) is 12.0 Å². The molecule has 1 aliphatic rings. The SMILES string of the molecule is CCCCCCCN(CCNC(=O)c1ccc(C=O)cc1)C(=O)OC1c2ccccc2-c2ccccc21. The number of fused-ring (bicyclic) bond motifs is 3. The van der Waals surface area contributed by atoms with Crippen molar-refractivity contribution in [3.05, 3.63) is 95.1 Å². The summed E-state index contributed by atoms with van der Waals surface area (Å²) in [4.78, 5) is 38.5. The van der Waals surface area contributed by atoms with Crippen LogP contribution in [0.2, 0.25) is 0 Å². The summed E-state index contributed by atoms with van der Waals surface area (Å²) in [5.41, 5.74) is 5.16. The molecule has 0 saturated heterocycles. The zero-order valence-corrected chi connectivity index (χ0v) is 21.3. The lowest BCUT2D eigenvalue weighted by Gasteiger charge is -2.25. The van der Waals surface area contributed by atoms with Crippen LogP contribution in [-0.2, 0) is 4.74 Å². The number of ether oxygens (including phenoxy) is 1. The van der Waals surface area contributed by atoms with Gasteiger partial charge in [-0.2, -0.15) is 0 Å². The van der Waals surface area contributed by atoms with E-state index in [9.17, 15) is 14.4 Å². The fraction of sp³-hybridized carbons (Fsp3) is 0.323. The minimum Gasteiger partial charge on any atom is -0.436 e. The maximum Gasteiger partial charge on any atom is 0.410 e. The minimum atomic E-state index is -0.451. The number of carbonyl (C=O) groups excluding carboxylic acids is 3. The Bertz CT molecular complexity index is 1180. The van der Waals surface area contributed by atoms with Gasteiger partial charge in [-0.3, -0.25) is 9.59 Å². The largest absolute Gasteiger partial charge is 0.436 e. The molecule has 192 valence electrons. The summed E-state index contributed by atoms with van der Waals surface area (Å²) in [5, 5.41) is 2.88. The molecule has 0 saturated carbocycles. The van der Waals surface area contributed by atoms with Crippen LogP contribution in [0.15, 0.2) is 72.8 Å². The van der Waals surface area contributed by atoms with Gasteiger partial charge in [-0.05, 0) is 29.7 Å². The third-order valence-electron chi connectivity index (χ3n) is 6.76. The maximum atomic E-state index is 13.4. The summed E-state index contributed by atoms with van der Waals surface area (Å²) in [6.45, 7) is 3.40. The molecule has 0 aromatic heterocycles. The molecule has 6 nitrogen and oxygen atoms in total. The van der Waals surface area contributed by atoms with Crippen molar-refractivity contribution in [2.24, 2.45) is 0 Å². The summed E-state index contributed by atoms with van der Waals surface area (Å²) in [7, 11) is 0. The van der Waals surface area contributed by atoms with Crippen LogP contribution < -0.4 is 5.32 Å². The molecule has 1 aliphatic carbocycles. The number of benzene rings is 3.